The number of amides is 2. The summed E-state index contributed by atoms with van der Waals surface area (Å²) in [6.45, 7) is 2.48. The van der Waals surface area contributed by atoms with Crippen LogP contribution >= 0.6 is 0 Å². The molecule has 0 bridgehead atoms. The van der Waals surface area contributed by atoms with Crippen molar-refractivity contribution in [2.24, 2.45) is 0 Å². The molecule has 110 valence electrons. The van der Waals surface area contributed by atoms with Crippen molar-refractivity contribution < 1.29 is 19.1 Å². The van der Waals surface area contributed by atoms with Crippen LogP contribution in [0.25, 0.3) is 0 Å². The van der Waals surface area contributed by atoms with E-state index < -0.39 is 12.2 Å². The zero-order valence-electron chi connectivity index (χ0n) is 11.8. The third kappa shape index (κ3) is 6.08. The molecule has 0 atom stereocenters. The molecule has 6 nitrogen and oxygen atoms in total. The Morgan fingerprint density at radius 3 is 2.70 bits per heavy atom. The summed E-state index contributed by atoms with van der Waals surface area (Å²) in [6.07, 6.45) is 1.87. The van der Waals surface area contributed by atoms with E-state index in [1.165, 1.54) is 7.05 Å². The normalized spacial score (nSPS) is 9.70. The van der Waals surface area contributed by atoms with Gasteiger partial charge in [0.25, 0.3) is 0 Å². The molecule has 0 saturated heterocycles. The highest BCUT2D eigenvalue weighted by Crippen LogP contribution is 2.17. The van der Waals surface area contributed by atoms with Crippen molar-refractivity contribution in [3.8, 4) is 5.75 Å². The lowest BCUT2D eigenvalue weighted by atomic mass is 10.3. The summed E-state index contributed by atoms with van der Waals surface area (Å²) in [6, 6.07) is 6.52. The SMILES string of the molecule is CCCCCOC(=O)Nc1cccc(OC(=O)NC)c1. The van der Waals surface area contributed by atoms with Crippen molar-refractivity contribution in [1.82, 2.24) is 5.32 Å². The number of hydrogen-bond acceptors (Lipinski definition) is 4. The molecule has 0 saturated carbocycles. The number of nitrogens with one attached hydrogen (secondary N) is 2. The molecule has 0 aliphatic rings. The Labute approximate surface area is 118 Å². The van der Waals surface area contributed by atoms with Gasteiger partial charge in [-0.3, -0.25) is 5.32 Å². The van der Waals surface area contributed by atoms with Crippen LogP contribution in [-0.4, -0.2) is 25.8 Å². The first kappa shape index (κ1) is 15.8. The fraction of sp³-hybridized carbons (Fsp3) is 0.429. The van der Waals surface area contributed by atoms with Crippen LogP contribution in [0, 0.1) is 0 Å². The lowest BCUT2D eigenvalue weighted by molar-refractivity contribution is 0.159. The predicted molar refractivity (Wildman–Crippen MR) is 76.0 cm³/mol. The van der Waals surface area contributed by atoms with Gasteiger partial charge in [0.15, 0.2) is 0 Å². The van der Waals surface area contributed by atoms with Crippen LogP contribution in [0.15, 0.2) is 24.3 Å². The highest BCUT2D eigenvalue weighted by atomic mass is 16.6. The Morgan fingerprint density at radius 2 is 2.00 bits per heavy atom. The van der Waals surface area contributed by atoms with Gasteiger partial charge in [-0.25, -0.2) is 9.59 Å². The second-order valence-corrected chi connectivity index (χ2v) is 4.14. The van der Waals surface area contributed by atoms with E-state index in [1.54, 1.807) is 24.3 Å². The van der Waals surface area contributed by atoms with Crippen LogP contribution in [0.1, 0.15) is 26.2 Å². The second-order valence-electron chi connectivity index (χ2n) is 4.14. The molecule has 2 N–H and O–H groups in total. The number of rotatable bonds is 6. The summed E-state index contributed by atoms with van der Waals surface area (Å²) in [5, 5.41) is 4.92. The Kier molecular flexibility index (Phi) is 6.95. The molecule has 1 aromatic carbocycles. The average molecular weight is 280 g/mol. The van der Waals surface area contributed by atoms with Gasteiger partial charge in [-0.2, -0.15) is 0 Å². The number of carbonyl (C=O) groups excluding carboxylic acids is 2. The lowest BCUT2D eigenvalue weighted by Gasteiger charge is -2.08. The Hall–Kier alpha value is -2.24. The fourth-order valence-corrected chi connectivity index (χ4v) is 1.47. The Balaban J connectivity index is 2.45. The van der Waals surface area contributed by atoms with Crippen molar-refractivity contribution in [1.29, 1.82) is 0 Å². The van der Waals surface area contributed by atoms with Crippen molar-refractivity contribution in [2.75, 3.05) is 19.0 Å². The van der Waals surface area contributed by atoms with E-state index in [-0.39, 0.29) is 0 Å². The Morgan fingerprint density at radius 1 is 1.20 bits per heavy atom. The topological polar surface area (TPSA) is 76.7 Å². The summed E-state index contributed by atoms with van der Waals surface area (Å²) in [5.41, 5.74) is 0.506. The largest absolute Gasteiger partial charge is 0.449 e. The molecule has 0 unspecified atom stereocenters. The summed E-state index contributed by atoms with van der Waals surface area (Å²) < 4.78 is 9.98. The molecule has 0 heterocycles. The molecule has 0 fully saturated rings. The zero-order valence-corrected chi connectivity index (χ0v) is 11.8. The van der Waals surface area contributed by atoms with Gasteiger partial charge in [0.05, 0.1) is 6.61 Å². The molecule has 0 aliphatic heterocycles. The smallest absolute Gasteiger partial charge is 0.412 e. The molecule has 1 aromatic rings. The number of carbonyl (C=O) groups is 2. The molecule has 0 radical (unpaired) electrons. The number of unbranched alkanes of at least 4 members (excludes halogenated alkanes) is 2. The van der Waals surface area contributed by atoms with Gasteiger partial charge in [0.1, 0.15) is 5.75 Å². The standard InChI is InChI=1S/C14H20N2O4/c1-3-4-5-9-19-14(18)16-11-7-6-8-12(10-11)20-13(17)15-2/h6-8,10H,3-5,9H2,1-2H3,(H,15,17)(H,16,18). The third-order valence-electron chi connectivity index (χ3n) is 2.48. The van der Waals surface area contributed by atoms with E-state index in [4.69, 9.17) is 9.47 Å². The van der Waals surface area contributed by atoms with Crippen molar-refractivity contribution in [3.63, 3.8) is 0 Å². The van der Waals surface area contributed by atoms with Crippen LogP contribution < -0.4 is 15.4 Å². The van der Waals surface area contributed by atoms with Crippen molar-refractivity contribution in [2.45, 2.75) is 26.2 Å². The summed E-state index contributed by atoms with van der Waals surface area (Å²) in [4.78, 5) is 22.6. The van der Waals surface area contributed by atoms with Crippen LogP contribution in [0.2, 0.25) is 0 Å². The maximum Gasteiger partial charge on any atom is 0.412 e. The number of hydrogen-bond donors (Lipinski definition) is 2. The van der Waals surface area contributed by atoms with Gasteiger partial charge in [-0.15, -0.1) is 0 Å². The lowest BCUT2D eigenvalue weighted by Crippen LogP contribution is -2.22. The van der Waals surface area contributed by atoms with Crippen LogP contribution in [0.4, 0.5) is 15.3 Å². The third-order valence-corrected chi connectivity index (χ3v) is 2.48. The van der Waals surface area contributed by atoms with E-state index in [9.17, 15) is 9.59 Å². The predicted octanol–water partition coefficient (Wildman–Crippen LogP) is 3.14. The quantitative estimate of drug-likeness (QED) is 0.785. The highest BCUT2D eigenvalue weighted by molar-refractivity contribution is 5.85. The highest BCUT2D eigenvalue weighted by Gasteiger charge is 2.06. The van der Waals surface area contributed by atoms with Crippen LogP contribution in [0.3, 0.4) is 0 Å². The first-order chi connectivity index (χ1) is 9.65. The van der Waals surface area contributed by atoms with Crippen molar-refractivity contribution in [3.05, 3.63) is 24.3 Å². The minimum atomic E-state index is -0.565. The van der Waals surface area contributed by atoms with E-state index in [0.29, 0.717) is 18.0 Å². The zero-order chi connectivity index (χ0) is 14.8. The number of anilines is 1. The summed E-state index contributed by atoms with van der Waals surface area (Å²) in [5.74, 6) is 0.341. The molecule has 20 heavy (non-hydrogen) atoms. The first-order valence-corrected chi connectivity index (χ1v) is 6.59. The van der Waals surface area contributed by atoms with E-state index in [0.717, 1.165) is 19.3 Å². The van der Waals surface area contributed by atoms with Gasteiger partial charge in [-0.05, 0) is 18.6 Å². The molecular formula is C14H20N2O4. The van der Waals surface area contributed by atoms with Crippen LogP contribution in [-0.2, 0) is 4.74 Å². The summed E-state index contributed by atoms with van der Waals surface area (Å²) >= 11 is 0. The number of benzene rings is 1. The molecule has 2 amide bonds. The molecule has 1 rings (SSSR count). The van der Waals surface area contributed by atoms with E-state index in [2.05, 4.69) is 17.6 Å². The average Bonchev–Trinajstić information content (AvgIpc) is 2.44. The van der Waals surface area contributed by atoms with Gasteiger partial charge in [0.2, 0.25) is 0 Å². The maximum atomic E-state index is 11.5. The molecule has 0 aromatic heterocycles. The van der Waals surface area contributed by atoms with Gasteiger partial charge >= 0.3 is 12.2 Å². The summed E-state index contributed by atoms with van der Waals surface area (Å²) in [7, 11) is 1.47. The Bertz CT molecular complexity index is 449. The molecule has 6 heteroatoms. The van der Waals surface area contributed by atoms with Gasteiger partial charge in [-0.1, -0.05) is 25.8 Å². The minimum absolute atomic E-state index is 0.341. The van der Waals surface area contributed by atoms with Gasteiger partial charge in [0, 0.05) is 18.8 Å². The molecular weight excluding hydrogens is 260 g/mol. The van der Waals surface area contributed by atoms with Crippen LogP contribution in [0.5, 0.6) is 5.75 Å². The maximum absolute atomic E-state index is 11.5. The molecule has 0 spiro atoms. The van der Waals surface area contributed by atoms with E-state index >= 15 is 0 Å². The van der Waals surface area contributed by atoms with E-state index in [1.807, 2.05) is 0 Å². The number of ether oxygens (including phenoxy) is 2. The second kappa shape index (κ2) is 8.79. The minimum Gasteiger partial charge on any atom is -0.449 e. The first-order valence-electron chi connectivity index (χ1n) is 6.59. The molecule has 0 aliphatic carbocycles. The van der Waals surface area contributed by atoms with Crippen molar-refractivity contribution >= 4 is 17.9 Å². The fourth-order valence-electron chi connectivity index (χ4n) is 1.47. The van der Waals surface area contributed by atoms with Gasteiger partial charge < -0.3 is 14.8 Å². The monoisotopic (exact) mass is 280 g/mol.